The molecule has 1 aliphatic carbocycles. The number of hydrogen-bond acceptors (Lipinski definition) is 3. The van der Waals surface area contributed by atoms with Crippen LogP contribution in [0.1, 0.15) is 37.4 Å². The van der Waals surface area contributed by atoms with E-state index in [1.165, 1.54) is 12.8 Å². The van der Waals surface area contributed by atoms with Gasteiger partial charge in [0.05, 0.1) is 12.6 Å². The SMILES string of the molecule is O=C(CN1CCC(C(O)c2ccccc2)CC1)NCC1CC1. The number of hydrogen-bond donors (Lipinski definition) is 2. The van der Waals surface area contributed by atoms with Gasteiger partial charge < -0.3 is 10.4 Å². The third-order valence-electron chi connectivity index (χ3n) is 4.87. The van der Waals surface area contributed by atoms with Gasteiger partial charge in [-0.1, -0.05) is 30.3 Å². The molecule has 0 spiro atoms. The number of rotatable bonds is 6. The Morgan fingerprint density at radius 2 is 1.86 bits per heavy atom. The average Bonchev–Trinajstić information content (AvgIpc) is 3.38. The average molecular weight is 302 g/mol. The minimum atomic E-state index is -0.382. The summed E-state index contributed by atoms with van der Waals surface area (Å²) >= 11 is 0. The summed E-state index contributed by atoms with van der Waals surface area (Å²) in [5.41, 5.74) is 1.00. The molecule has 1 atom stereocenters. The van der Waals surface area contributed by atoms with Crippen molar-refractivity contribution in [1.29, 1.82) is 0 Å². The van der Waals surface area contributed by atoms with Gasteiger partial charge in [-0.3, -0.25) is 9.69 Å². The molecule has 1 aromatic rings. The van der Waals surface area contributed by atoms with Gasteiger partial charge >= 0.3 is 0 Å². The molecule has 4 heteroatoms. The zero-order valence-corrected chi connectivity index (χ0v) is 13.1. The molecule has 0 radical (unpaired) electrons. The maximum atomic E-state index is 11.9. The van der Waals surface area contributed by atoms with Crippen molar-refractivity contribution in [3.63, 3.8) is 0 Å². The quantitative estimate of drug-likeness (QED) is 0.844. The summed E-state index contributed by atoms with van der Waals surface area (Å²) in [5, 5.41) is 13.5. The van der Waals surface area contributed by atoms with Gasteiger partial charge in [0.2, 0.25) is 5.91 Å². The van der Waals surface area contributed by atoms with Crippen molar-refractivity contribution < 1.29 is 9.90 Å². The molecule has 1 unspecified atom stereocenters. The number of likely N-dealkylation sites (tertiary alicyclic amines) is 1. The van der Waals surface area contributed by atoms with Crippen LogP contribution in [-0.4, -0.2) is 42.1 Å². The van der Waals surface area contributed by atoms with E-state index in [9.17, 15) is 9.90 Å². The number of carbonyl (C=O) groups excluding carboxylic acids is 1. The van der Waals surface area contributed by atoms with E-state index in [-0.39, 0.29) is 12.0 Å². The number of aliphatic hydroxyl groups is 1. The third kappa shape index (κ3) is 4.31. The zero-order chi connectivity index (χ0) is 15.4. The molecule has 1 saturated carbocycles. The van der Waals surface area contributed by atoms with Crippen LogP contribution in [-0.2, 0) is 4.79 Å². The number of benzene rings is 1. The number of nitrogens with zero attached hydrogens (tertiary/aromatic N) is 1. The lowest BCUT2D eigenvalue weighted by molar-refractivity contribution is -0.122. The predicted molar refractivity (Wildman–Crippen MR) is 86.3 cm³/mol. The van der Waals surface area contributed by atoms with Crippen LogP contribution < -0.4 is 5.32 Å². The van der Waals surface area contributed by atoms with E-state index in [2.05, 4.69) is 10.2 Å². The van der Waals surface area contributed by atoms with E-state index in [1.54, 1.807) is 0 Å². The van der Waals surface area contributed by atoms with Crippen LogP contribution in [0.25, 0.3) is 0 Å². The van der Waals surface area contributed by atoms with Crippen molar-refractivity contribution in [1.82, 2.24) is 10.2 Å². The normalized spacial score (nSPS) is 21.5. The van der Waals surface area contributed by atoms with Crippen molar-refractivity contribution in [2.75, 3.05) is 26.2 Å². The molecule has 2 fully saturated rings. The minimum absolute atomic E-state index is 0.147. The smallest absolute Gasteiger partial charge is 0.234 e. The molecule has 2 aliphatic rings. The Kier molecular flexibility index (Phi) is 5.11. The maximum absolute atomic E-state index is 11.9. The summed E-state index contributed by atoms with van der Waals surface area (Å²) < 4.78 is 0. The first-order chi connectivity index (χ1) is 10.7. The Morgan fingerprint density at radius 1 is 1.18 bits per heavy atom. The monoisotopic (exact) mass is 302 g/mol. The molecule has 1 amide bonds. The van der Waals surface area contributed by atoms with Crippen molar-refractivity contribution in [3.8, 4) is 0 Å². The van der Waals surface area contributed by atoms with Crippen LogP contribution in [0.4, 0.5) is 0 Å². The van der Waals surface area contributed by atoms with Crippen LogP contribution in [0, 0.1) is 11.8 Å². The van der Waals surface area contributed by atoms with E-state index >= 15 is 0 Å². The highest BCUT2D eigenvalue weighted by Gasteiger charge is 2.27. The van der Waals surface area contributed by atoms with E-state index < -0.39 is 0 Å². The lowest BCUT2D eigenvalue weighted by atomic mass is 9.87. The number of nitrogens with one attached hydrogen (secondary N) is 1. The molecule has 0 bridgehead atoms. The second kappa shape index (κ2) is 7.25. The van der Waals surface area contributed by atoms with Gasteiger partial charge in [-0.2, -0.15) is 0 Å². The zero-order valence-electron chi connectivity index (χ0n) is 13.1. The minimum Gasteiger partial charge on any atom is -0.388 e. The largest absolute Gasteiger partial charge is 0.388 e. The summed E-state index contributed by atoms with van der Waals surface area (Å²) in [6.07, 6.45) is 4.05. The second-order valence-corrected chi connectivity index (χ2v) is 6.72. The second-order valence-electron chi connectivity index (χ2n) is 6.72. The van der Waals surface area contributed by atoms with Gasteiger partial charge in [-0.25, -0.2) is 0 Å². The van der Waals surface area contributed by atoms with Gasteiger partial charge in [0, 0.05) is 6.54 Å². The van der Waals surface area contributed by atoms with E-state index in [0.29, 0.717) is 12.5 Å². The van der Waals surface area contributed by atoms with Crippen molar-refractivity contribution >= 4 is 5.91 Å². The Hall–Kier alpha value is -1.39. The molecule has 1 heterocycles. The highest BCUT2D eigenvalue weighted by atomic mass is 16.3. The first-order valence-corrected chi connectivity index (χ1v) is 8.44. The fourth-order valence-corrected chi connectivity index (χ4v) is 3.19. The summed E-state index contributed by atoms with van der Waals surface area (Å²) in [4.78, 5) is 14.1. The Bertz CT molecular complexity index is 479. The van der Waals surface area contributed by atoms with Gasteiger partial charge in [0.15, 0.2) is 0 Å². The molecule has 3 rings (SSSR count). The van der Waals surface area contributed by atoms with Crippen molar-refractivity contribution in [2.45, 2.75) is 31.8 Å². The van der Waals surface area contributed by atoms with Gasteiger partial charge in [0.1, 0.15) is 0 Å². The Labute approximate surface area is 132 Å². The molecule has 120 valence electrons. The highest BCUT2D eigenvalue weighted by Crippen LogP contribution is 2.30. The Morgan fingerprint density at radius 3 is 2.50 bits per heavy atom. The van der Waals surface area contributed by atoms with E-state index in [1.807, 2.05) is 30.3 Å². The first kappa shape index (κ1) is 15.5. The van der Waals surface area contributed by atoms with Crippen LogP contribution in [0.2, 0.25) is 0 Å². The molecule has 22 heavy (non-hydrogen) atoms. The summed E-state index contributed by atoms with van der Waals surface area (Å²) in [5.74, 6) is 1.18. The lowest BCUT2D eigenvalue weighted by Crippen LogP contribution is -2.42. The number of amides is 1. The van der Waals surface area contributed by atoms with Gasteiger partial charge in [-0.15, -0.1) is 0 Å². The molecule has 0 aromatic heterocycles. The summed E-state index contributed by atoms with van der Waals surface area (Å²) in [6, 6.07) is 9.89. The topological polar surface area (TPSA) is 52.6 Å². The van der Waals surface area contributed by atoms with Crippen LogP contribution in [0.5, 0.6) is 0 Å². The number of piperidine rings is 1. The fraction of sp³-hybridized carbons (Fsp3) is 0.611. The predicted octanol–water partition coefficient (Wildman–Crippen LogP) is 1.96. The van der Waals surface area contributed by atoms with Gasteiger partial charge in [-0.05, 0) is 56.2 Å². The summed E-state index contributed by atoms with van der Waals surface area (Å²) in [6.45, 7) is 3.14. The molecular formula is C18H26N2O2. The summed E-state index contributed by atoms with van der Waals surface area (Å²) in [7, 11) is 0. The first-order valence-electron chi connectivity index (χ1n) is 8.44. The van der Waals surface area contributed by atoms with Crippen LogP contribution in [0.3, 0.4) is 0 Å². The maximum Gasteiger partial charge on any atom is 0.234 e. The lowest BCUT2D eigenvalue weighted by Gasteiger charge is -2.34. The van der Waals surface area contributed by atoms with E-state index in [4.69, 9.17) is 0 Å². The Balaban J connectivity index is 1.40. The van der Waals surface area contributed by atoms with Crippen LogP contribution in [0.15, 0.2) is 30.3 Å². The van der Waals surface area contributed by atoms with Crippen molar-refractivity contribution in [3.05, 3.63) is 35.9 Å². The molecular weight excluding hydrogens is 276 g/mol. The molecule has 1 aromatic carbocycles. The van der Waals surface area contributed by atoms with E-state index in [0.717, 1.165) is 44.0 Å². The molecule has 4 nitrogen and oxygen atoms in total. The van der Waals surface area contributed by atoms with Crippen molar-refractivity contribution in [2.24, 2.45) is 11.8 Å². The molecule has 1 saturated heterocycles. The van der Waals surface area contributed by atoms with Gasteiger partial charge in [0.25, 0.3) is 0 Å². The third-order valence-corrected chi connectivity index (χ3v) is 4.87. The number of aliphatic hydroxyl groups excluding tert-OH is 1. The molecule has 1 aliphatic heterocycles. The fourth-order valence-electron chi connectivity index (χ4n) is 3.19. The standard InChI is InChI=1S/C18H26N2O2/c21-17(19-12-14-6-7-14)13-20-10-8-16(9-11-20)18(22)15-4-2-1-3-5-15/h1-5,14,16,18,22H,6-13H2,(H,19,21). The van der Waals surface area contributed by atoms with Crippen LogP contribution >= 0.6 is 0 Å². The highest BCUT2D eigenvalue weighted by molar-refractivity contribution is 5.78. The number of carbonyl (C=O) groups is 1. The molecule has 2 N–H and O–H groups in total.